The maximum atomic E-state index is 2.48. The van der Waals surface area contributed by atoms with Crippen LogP contribution in [0.25, 0.3) is 0 Å². The van der Waals surface area contributed by atoms with Crippen molar-refractivity contribution in [3.63, 3.8) is 0 Å². The summed E-state index contributed by atoms with van der Waals surface area (Å²) >= 11 is 1.83. The standard InChI is InChI=1S/C14H18N2S/c1-17-16-10-7-13-12(5-4-6-14(13)16)11-15-8-2-3-9-15/h2-6H,7-11H2,1H3. The van der Waals surface area contributed by atoms with E-state index >= 15 is 0 Å². The molecule has 3 heteroatoms. The number of anilines is 1. The molecular formula is C14H18N2S. The van der Waals surface area contributed by atoms with Gasteiger partial charge in [0.05, 0.1) is 5.69 Å². The van der Waals surface area contributed by atoms with Crippen LogP contribution in [0.1, 0.15) is 11.1 Å². The van der Waals surface area contributed by atoms with Crippen LogP contribution in [-0.4, -0.2) is 30.8 Å². The van der Waals surface area contributed by atoms with Crippen molar-refractivity contribution < 1.29 is 0 Å². The van der Waals surface area contributed by atoms with Gasteiger partial charge in [0.15, 0.2) is 0 Å². The molecule has 0 saturated heterocycles. The van der Waals surface area contributed by atoms with E-state index in [0.29, 0.717) is 0 Å². The minimum atomic E-state index is 1.10. The molecule has 0 aliphatic carbocycles. The third-order valence-corrected chi connectivity index (χ3v) is 4.41. The molecule has 0 fully saturated rings. The molecule has 3 rings (SSSR count). The Hall–Kier alpha value is -0.930. The van der Waals surface area contributed by atoms with Gasteiger partial charge >= 0.3 is 0 Å². The Labute approximate surface area is 107 Å². The van der Waals surface area contributed by atoms with E-state index < -0.39 is 0 Å². The molecule has 17 heavy (non-hydrogen) atoms. The predicted octanol–water partition coefficient (Wildman–Crippen LogP) is 2.70. The number of hydrogen-bond acceptors (Lipinski definition) is 3. The third-order valence-electron chi connectivity index (χ3n) is 3.59. The van der Waals surface area contributed by atoms with Crippen molar-refractivity contribution in [2.24, 2.45) is 0 Å². The third kappa shape index (κ3) is 2.09. The second-order valence-electron chi connectivity index (χ2n) is 4.61. The summed E-state index contributed by atoms with van der Waals surface area (Å²) in [6, 6.07) is 6.75. The first-order valence-electron chi connectivity index (χ1n) is 6.18. The quantitative estimate of drug-likeness (QED) is 0.598. The van der Waals surface area contributed by atoms with Crippen molar-refractivity contribution in [3.8, 4) is 0 Å². The lowest BCUT2D eigenvalue weighted by Crippen LogP contribution is -2.19. The Morgan fingerprint density at radius 2 is 2.06 bits per heavy atom. The van der Waals surface area contributed by atoms with Crippen LogP contribution in [0.2, 0.25) is 0 Å². The summed E-state index contributed by atoms with van der Waals surface area (Å²) in [4.78, 5) is 2.48. The SMILES string of the molecule is CSN1CCc2c(CN3CC=CC3)cccc21. The summed E-state index contributed by atoms with van der Waals surface area (Å²) in [6.45, 7) is 4.47. The molecule has 0 unspecified atom stereocenters. The van der Waals surface area contributed by atoms with Crippen molar-refractivity contribution in [2.75, 3.05) is 30.2 Å². The van der Waals surface area contributed by atoms with Crippen LogP contribution in [0.3, 0.4) is 0 Å². The molecule has 0 radical (unpaired) electrons. The van der Waals surface area contributed by atoms with Gasteiger partial charge < -0.3 is 4.31 Å². The minimum Gasteiger partial charge on any atom is -0.316 e. The van der Waals surface area contributed by atoms with E-state index in [1.54, 1.807) is 5.56 Å². The molecule has 2 aliphatic heterocycles. The average molecular weight is 246 g/mol. The van der Waals surface area contributed by atoms with Gasteiger partial charge in [0.1, 0.15) is 0 Å². The number of hydrogen-bond donors (Lipinski definition) is 0. The van der Waals surface area contributed by atoms with Crippen LogP contribution in [0.15, 0.2) is 30.4 Å². The summed E-state index contributed by atoms with van der Waals surface area (Å²) in [5.74, 6) is 0. The van der Waals surface area contributed by atoms with Crippen LogP contribution < -0.4 is 4.31 Å². The van der Waals surface area contributed by atoms with Gasteiger partial charge in [-0.1, -0.05) is 36.2 Å². The second kappa shape index (κ2) is 4.75. The minimum absolute atomic E-state index is 1.10. The van der Waals surface area contributed by atoms with Gasteiger partial charge in [0.2, 0.25) is 0 Å². The Morgan fingerprint density at radius 1 is 1.24 bits per heavy atom. The van der Waals surface area contributed by atoms with Crippen LogP contribution in [-0.2, 0) is 13.0 Å². The average Bonchev–Trinajstić information content (AvgIpc) is 2.97. The molecule has 2 nitrogen and oxygen atoms in total. The Morgan fingerprint density at radius 3 is 2.82 bits per heavy atom. The molecule has 1 aromatic rings. The number of benzene rings is 1. The highest BCUT2D eigenvalue weighted by molar-refractivity contribution is 8.00. The highest BCUT2D eigenvalue weighted by atomic mass is 32.2. The molecule has 0 saturated carbocycles. The van der Waals surface area contributed by atoms with Gasteiger partial charge in [-0.25, -0.2) is 0 Å². The van der Waals surface area contributed by atoms with Gasteiger partial charge in [-0.2, -0.15) is 0 Å². The van der Waals surface area contributed by atoms with Crippen molar-refractivity contribution in [3.05, 3.63) is 41.5 Å². The Kier molecular flexibility index (Phi) is 3.12. The lowest BCUT2D eigenvalue weighted by molar-refractivity contribution is 0.344. The van der Waals surface area contributed by atoms with Gasteiger partial charge in [0.25, 0.3) is 0 Å². The first-order valence-corrected chi connectivity index (χ1v) is 7.36. The normalized spacial score (nSPS) is 19.0. The fraction of sp³-hybridized carbons (Fsp3) is 0.429. The molecule has 2 aliphatic rings. The second-order valence-corrected chi connectivity index (χ2v) is 5.42. The van der Waals surface area contributed by atoms with Gasteiger partial charge in [-0.15, -0.1) is 0 Å². The summed E-state index contributed by atoms with van der Waals surface area (Å²) in [6.07, 6.45) is 7.88. The Bertz CT molecular complexity index is 434. The smallest absolute Gasteiger partial charge is 0.0505 e. The molecule has 1 aromatic carbocycles. The molecule has 0 N–H and O–H groups in total. The van der Waals surface area contributed by atoms with Gasteiger partial charge in [-0.3, -0.25) is 4.90 Å². The van der Waals surface area contributed by atoms with E-state index in [2.05, 4.69) is 45.8 Å². The maximum absolute atomic E-state index is 2.48. The van der Waals surface area contributed by atoms with E-state index in [1.807, 2.05) is 11.9 Å². The fourth-order valence-electron chi connectivity index (χ4n) is 2.71. The largest absolute Gasteiger partial charge is 0.316 e. The lowest BCUT2D eigenvalue weighted by atomic mass is 10.0. The van der Waals surface area contributed by atoms with Crippen molar-refractivity contribution in [2.45, 2.75) is 13.0 Å². The van der Waals surface area contributed by atoms with Crippen molar-refractivity contribution in [1.82, 2.24) is 4.90 Å². The zero-order chi connectivity index (χ0) is 11.7. The van der Waals surface area contributed by atoms with E-state index in [4.69, 9.17) is 0 Å². The van der Waals surface area contributed by atoms with Crippen molar-refractivity contribution in [1.29, 1.82) is 0 Å². The molecule has 0 atom stereocenters. The van der Waals surface area contributed by atoms with Crippen molar-refractivity contribution >= 4 is 17.6 Å². The van der Waals surface area contributed by atoms with E-state index in [9.17, 15) is 0 Å². The summed E-state index contributed by atoms with van der Waals surface area (Å²) in [7, 11) is 0. The Balaban J connectivity index is 1.83. The van der Waals surface area contributed by atoms with Crippen LogP contribution in [0.5, 0.6) is 0 Å². The number of rotatable bonds is 3. The maximum Gasteiger partial charge on any atom is 0.0505 e. The molecule has 0 bridgehead atoms. The first kappa shape index (κ1) is 11.2. The highest BCUT2D eigenvalue weighted by Crippen LogP contribution is 2.34. The zero-order valence-corrected chi connectivity index (χ0v) is 11.0. The molecule has 2 heterocycles. The summed E-state index contributed by atoms with van der Waals surface area (Å²) in [5, 5.41) is 0. The molecule has 0 spiro atoms. The topological polar surface area (TPSA) is 6.48 Å². The predicted molar refractivity (Wildman–Crippen MR) is 75.4 cm³/mol. The molecule has 0 amide bonds. The number of nitrogens with zero attached hydrogens (tertiary/aromatic N) is 2. The lowest BCUT2D eigenvalue weighted by Gasteiger charge is -2.18. The summed E-state index contributed by atoms with van der Waals surface area (Å²) in [5.41, 5.74) is 4.51. The van der Waals surface area contributed by atoms with Crippen LogP contribution in [0, 0.1) is 0 Å². The fourth-order valence-corrected chi connectivity index (χ4v) is 3.35. The highest BCUT2D eigenvalue weighted by Gasteiger charge is 2.21. The van der Waals surface area contributed by atoms with Crippen LogP contribution in [0.4, 0.5) is 5.69 Å². The zero-order valence-electron chi connectivity index (χ0n) is 10.2. The first-order chi connectivity index (χ1) is 8.38. The van der Waals surface area contributed by atoms with Gasteiger partial charge in [0, 0.05) is 32.4 Å². The monoisotopic (exact) mass is 246 g/mol. The van der Waals surface area contributed by atoms with E-state index in [0.717, 1.165) is 26.2 Å². The van der Waals surface area contributed by atoms with Gasteiger partial charge in [-0.05, 0) is 23.6 Å². The molecular weight excluding hydrogens is 228 g/mol. The molecule has 90 valence electrons. The van der Waals surface area contributed by atoms with E-state index in [-0.39, 0.29) is 0 Å². The van der Waals surface area contributed by atoms with Crippen LogP contribution >= 0.6 is 11.9 Å². The molecule has 0 aromatic heterocycles. The van der Waals surface area contributed by atoms with E-state index in [1.165, 1.54) is 17.7 Å². The number of fused-ring (bicyclic) bond motifs is 1. The summed E-state index contributed by atoms with van der Waals surface area (Å²) < 4.78 is 2.40.